The van der Waals surface area contributed by atoms with Gasteiger partial charge in [0, 0.05) is 19.4 Å². The number of benzene rings is 1. The van der Waals surface area contributed by atoms with E-state index in [0.717, 1.165) is 10.6 Å². The molecule has 1 aromatic heterocycles. The third kappa shape index (κ3) is 3.17. The van der Waals surface area contributed by atoms with Gasteiger partial charge in [-0.05, 0) is 5.56 Å². The number of carbonyl (C=O) groups excluding carboxylic acids is 2. The van der Waals surface area contributed by atoms with Crippen LogP contribution in [0, 0.1) is 5.92 Å². The van der Waals surface area contributed by atoms with Gasteiger partial charge in [-0.25, -0.2) is 0 Å². The molecule has 0 spiro atoms. The molecule has 1 N–H and O–H groups in total. The molecule has 1 aliphatic rings. The molecule has 0 saturated carbocycles. The van der Waals surface area contributed by atoms with E-state index < -0.39 is 5.92 Å². The van der Waals surface area contributed by atoms with Crippen molar-refractivity contribution in [3.05, 3.63) is 40.9 Å². The molecule has 0 radical (unpaired) electrons. The number of hydrogen-bond donors (Lipinski definition) is 1. The van der Waals surface area contributed by atoms with Crippen LogP contribution in [0.25, 0.3) is 0 Å². The molecule has 2 amide bonds. The second-order valence-corrected chi connectivity index (χ2v) is 7.27. The Bertz CT molecular complexity index is 744. The molecule has 7 heteroatoms. The lowest BCUT2D eigenvalue weighted by atomic mass is 9.93. The minimum absolute atomic E-state index is 0.0239. The number of rotatable bonds is 4. The van der Waals surface area contributed by atoms with Gasteiger partial charge in [0.1, 0.15) is 5.01 Å². The fourth-order valence-electron chi connectivity index (χ4n) is 2.93. The fraction of sp³-hybridized carbons (Fsp3) is 0.412. The third-order valence-corrected chi connectivity index (χ3v) is 5.37. The SMILES string of the molecule is CC(C)c1nnc(NC(=O)[C@H]2CC(=O)N(C)[C@@H]2c2ccccc2)s1. The molecule has 1 aromatic carbocycles. The molecule has 3 rings (SSSR count). The summed E-state index contributed by atoms with van der Waals surface area (Å²) in [6.07, 6.45) is 0.206. The average molecular weight is 344 g/mol. The number of carbonyl (C=O) groups is 2. The Morgan fingerprint density at radius 1 is 1.29 bits per heavy atom. The van der Waals surface area contributed by atoms with Gasteiger partial charge in [-0.3, -0.25) is 9.59 Å². The Balaban J connectivity index is 1.80. The van der Waals surface area contributed by atoms with E-state index in [4.69, 9.17) is 0 Å². The normalized spacial score (nSPS) is 20.7. The summed E-state index contributed by atoms with van der Waals surface area (Å²) in [6, 6.07) is 9.39. The van der Waals surface area contributed by atoms with E-state index in [1.807, 2.05) is 44.2 Å². The minimum Gasteiger partial charge on any atom is -0.338 e. The molecular formula is C17H20N4O2S. The third-order valence-electron chi connectivity index (χ3n) is 4.23. The largest absolute Gasteiger partial charge is 0.338 e. The first-order valence-corrected chi connectivity index (χ1v) is 8.74. The predicted molar refractivity (Wildman–Crippen MR) is 92.7 cm³/mol. The number of likely N-dealkylation sites (tertiary alicyclic amines) is 1. The second-order valence-electron chi connectivity index (χ2n) is 6.26. The number of nitrogens with one attached hydrogen (secondary N) is 1. The van der Waals surface area contributed by atoms with Crippen molar-refractivity contribution in [3.63, 3.8) is 0 Å². The van der Waals surface area contributed by atoms with Crippen LogP contribution in [0.15, 0.2) is 30.3 Å². The van der Waals surface area contributed by atoms with Gasteiger partial charge in [0.15, 0.2) is 0 Å². The smallest absolute Gasteiger partial charge is 0.232 e. The zero-order valence-corrected chi connectivity index (χ0v) is 14.7. The maximum absolute atomic E-state index is 12.7. The van der Waals surface area contributed by atoms with Gasteiger partial charge >= 0.3 is 0 Å². The van der Waals surface area contributed by atoms with Crippen LogP contribution in [-0.2, 0) is 9.59 Å². The monoisotopic (exact) mass is 344 g/mol. The molecule has 1 fully saturated rings. The number of nitrogens with zero attached hydrogens (tertiary/aromatic N) is 3. The van der Waals surface area contributed by atoms with Crippen molar-refractivity contribution in [2.75, 3.05) is 12.4 Å². The summed E-state index contributed by atoms with van der Waals surface area (Å²) in [5, 5.41) is 12.3. The van der Waals surface area contributed by atoms with Crippen molar-refractivity contribution >= 4 is 28.3 Å². The fourth-order valence-corrected chi connectivity index (χ4v) is 3.68. The number of aromatic nitrogens is 2. The van der Waals surface area contributed by atoms with Crippen LogP contribution in [0.2, 0.25) is 0 Å². The highest BCUT2D eigenvalue weighted by Crippen LogP contribution is 2.37. The van der Waals surface area contributed by atoms with Crippen molar-refractivity contribution in [3.8, 4) is 0 Å². The molecule has 0 aliphatic carbocycles. The number of anilines is 1. The van der Waals surface area contributed by atoms with Gasteiger partial charge in [-0.2, -0.15) is 0 Å². The van der Waals surface area contributed by atoms with Crippen molar-refractivity contribution < 1.29 is 9.59 Å². The first-order chi connectivity index (χ1) is 11.5. The first kappa shape index (κ1) is 16.6. The van der Waals surface area contributed by atoms with E-state index in [1.54, 1.807) is 11.9 Å². The highest BCUT2D eigenvalue weighted by Gasteiger charge is 2.42. The Morgan fingerprint density at radius 2 is 2.00 bits per heavy atom. The lowest BCUT2D eigenvalue weighted by molar-refractivity contribution is -0.127. The molecule has 0 unspecified atom stereocenters. The van der Waals surface area contributed by atoms with Gasteiger partial charge in [-0.1, -0.05) is 55.5 Å². The molecule has 0 bridgehead atoms. The summed E-state index contributed by atoms with van der Waals surface area (Å²) >= 11 is 1.37. The maximum atomic E-state index is 12.7. The van der Waals surface area contributed by atoms with Crippen LogP contribution in [-0.4, -0.2) is 34.0 Å². The molecule has 126 valence electrons. The van der Waals surface area contributed by atoms with Crippen molar-refractivity contribution in [2.24, 2.45) is 5.92 Å². The Hall–Kier alpha value is -2.28. The summed E-state index contributed by atoms with van der Waals surface area (Å²) in [5.41, 5.74) is 0.964. The quantitative estimate of drug-likeness (QED) is 0.925. The van der Waals surface area contributed by atoms with Gasteiger partial charge in [-0.15, -0.1) is 10.2 Å². The van der Waals surface area contributed by atoms with Crippen LogP contribution >= 0.6 is 11.3 Å². The summed E-state index contributed by atoms with van der Waals surface area (Å²) in [7, 11) is 1.75. The van der Waals surface area contributed by atoms with E-state index in [0.29, 0.717) is 5.13 Å². The van der Waals surface area contributed by atoms with E-state index in [2.05, 4.69) is 15.5 Å². The minimum atomic E-state index is -0.434. The first-order valence-electron chi connectivity index (χ1n) is 7.92. The van der Waals surface area contributed by atoms with Gasteiger partial charge in [0.05, 0.1) is 12.0 Å². The Kier molecular flexibility index (Phi) is 4.62. The van der Waals surface area contributed by atoms with Crippen molar-refractivity contribution in [1.29, 1.82) is 0 Å². The highest BCUT2D eigenvalue weighted by molar-refractivity contribution is 7.15. The zero-order valence-electron chi connectivity index (χ0n) is 13.9. The molecule has 2 atom stereocenters. The Morgan fingerprint density at radius 3 is 2.62 bits per heavy atom. The van der Waals surface area contributed by atoms with Gasteiger partial charge in [0.2, 0.25) is 16.9 Å². The van der Waals surface area contributed by atoms with Crippen LogP contribution < -0.4 is 5.32 Å². The molecule has 2 heterocycles. The summed E-state index contributed by atoms with van der Waals surface area (Å²) in [4.78, 5) is 26.5. The number of hydrogen-bond acceptors (Lipinski definition) is 5. The molecule has 1 saturated heterocycles. The summed E-state index contributed by atoms with van der Waals surface area (Å²) in [6.45, 7) is 4.06. The highest BCUT2D eigenvalue weighted by atomic mass is 32.1. The second kappa shape index (κ2) is 6.68. The van der Waals surface area contributed by atoms with Crippen LogP contribution in [0.1, 0.15) is 42.8 Å². The van der Waals surface area contributed by atoms with Crippen LogP contribution in [0.5, 0.6) is 0 Å². The Labute approximate surface area is 144 Å². The molecule has 1 aliphatic heterocycles. The summed E-state index contributed by atoms with van der Waals surface area (Å²) in [5.74, 6) is -0.377. The molecule has 2 aromatic rings. The molecule has 24 heavy (non-hydrogen) atoms. The average Bonchev–Trinajstić information content (AvgIpc) is 3.14. The van der Waals surface area contributed by atoms with Crippen molar-refractivity contribution in [2.45, 2.75) is 32.2 Å². The van der Waals surface area contributed by atoms with Crippen LogP contribution in [0.3, 0.4) is 0 Å². The molecule has 6 nitrogen and oxygen atoms in total. The van der Waals surface area contributed by atoms with E-state index in [9.17, 15) is 9.59 Å². The van der Waals surface area contributed by atoms with Crippen molar-refractivity contribution in [1.82, 2.24) is 15.1 Å². The van der Waals surface area contributed by atoms with Gasteiger partial charge in [0.25, 0.3) is 0 Å². The topological polar surface area (TPSA) is 75.2 Å². The van der Waals surface area contributed by atoms with E-state index in [-0.39, 0.29) is 30.2 Å². The molecular weight excluding hydrogens is 324 g/mol. The standard InChI is InChI=1S/C17H20N4O2S/c1-10(2)16-19-20-17(24-16)18-15(23)12-9-13(22)21(3)14(12)11-7-5-4-6-8-11/h4-8,10,12,14H,9H2,1-3H3,(H,18,20,23)/t12-,14+/m0/s1. The maximum Gasteiger partial charge on any atom is 0.232 e. The van der Waals surface area contributed by atoms with E-state index >= 15 is 0 Å². The predicted octanol–water partition coefficient (Wildman–Crippen LogP) is 2.82. The van der Waals surface area contributed by atoms with E-state index in [1.165, 1.54) is 11.3 Å². The lowest BCUT2D eigenvalue weighted by Crippen LogP contribution is -2.29. The zero-order chi connectivity index (χ0) is 17.3. The summed E-state index contributed by atoms with van der Waals surface area (Å²) < 4.78 is 0. The number of amides is 2. The lowest BCUT2D eigenvalue weighted by Gasteiger charge is -2.24. The van der Waals surface area contributed by atoms with Crippen LogP contribution in [0.4, 0.5) is 5.13 Å². The van der Waals surface area contributed by atoms with Gasteiger partial charge < -0.3 is 10.2 Å².